The van der Waals surface area contributed by atoms with Gasteiger partial charge in [-0.3, -0.25) is 4.79 Å². The summed E-state index contributed by atoms with van der Waals surface area (Å²) in [6.07, 6.45) is 2.18. The molecule has 0 aromatic carbocycles. The van der Waals surface area contributed by atoms with Crippen LogP contribution in [0.15, 0.2) is 17.5 Å². The number of rotatable bonds is 1. The van der Waals surface area contributed by atoms with Crippen LogP contribution < -0.4 is 0 Å². The van der Waals surface area contributed by atoms with Gasteiger partial charge in [-0.1, -0.05) is 6.07 Å². The lowest BCUT2D eigenvalue weighted by Gasteiger charge is -2.34. The largest absolute Gasteiger partial charge is 0.330 e. The van der Waals surface area contributed by atoms with Gasteiger partial charge in [-0.2, -0.15) is 0 Å². The van der Waals surface area contributed by atoms with Crippen LogP contribution in [0.25, 0.3) is 0 Å². The third-order valence-corrected chi connectivity index (χ3v) is 4.18. The van der Waals surface area contributed by atoms with Gasteiger partial charge >= 0.3 is 0 Å². The minimum atomic E-state index is 0.0144. The SMILES string of the molecule is CC(=O)N1C(c2cccs2)CCC1(C)C. The zero-order chi connectivity index (χ0) is 11.1. The first-order chi connectivity index (χ1) is 7.02. The Morgan fingerprint density at radius 3 is 2.87 bits per heavy atom. The summed E-state index contributed by atoms with van der Waals surface area (Å²) in [5, 5.41) is 2.08. The number of hydrogen-bond donors (Lipinski definition) is 0. The van der Waals surface area contributed by atoms with E-state index in [0.29, 0.717) is 6.04 Å². The predicted molar refractivity (Wildman–Crippen MR) is 62.9 cm³/mol. The van der Waals surface area contributed by atoms with E-state index in [2.05, 4.69) is 31.4 Å². The fourth-order valence-electron chi connectivity index (χ4n) is 2.56. The third kappa shape index (κ3) is 1.81. The lowest BCUT2D eigenvalue weighted by Crippen LogP contribution is -2.42. The number of nitrogens with zero attached hydrogens (tertiary/aromatic N) is 1. The van der Waals surface area contributed by atoms with Gasteiger partial charge in [-0.05, 0) is 38.1 Å². The van der Waals surface area contributed by atoms with Crippen molar-refractivity contribution in [2.75, 3.05) is 0 Å². The van der Waals surface area contributed by atoms with Crippen molar-refractivity contribution < 1.29 is 4.79 Å². The second kappa shape index (κ2) is 3.63. The Labute approximate surface area is 94.9 Å². The molecule has 1 aromatic rings. The van der Waals surface area contributed by atoms with Crippen molar-refractivity contribution in [1.82, 2.24) is 4.90 Å². The maximum absolute atomic E-state index is 11.7. The Balaban J connectivity index is 2.31. The van der Waals surface area contributed by atoms with Crippen molar-refractivity contribution in [2.45, 2.75) is 45.2 Å². The van der Waals surface area contributed by atoms with E-state index < -0.39 is 0 Å². The Kier molecular flexibility index (Phi) is 2.59. The molecule has 1 atom stereocenters. The van der Waals surface area contributed by atoms with E-state index in [1.807, 2.05) is 4.90 Å². The molecule has 0 N–H and O–H groups in total. The van der Waals surface area contributed by atoms with Crippen molar-refractivity contribution in [3.63, 3.8) is 0 Å². The Hall–Kier alpha value is -0.830. The Bertz CT molecular complexity index is 356. The molecule has 0 saturated carbocycles. The van der Waals surface area contributed by atoms with Crippen LogP contribution in [0.1, 0.15) is 44.5 Å². The first-order valence-corrected chi connectivity index (χ1v) is 6.23. The second-order valence-electron chi connectivity index (χ2n) is 4.77. The highest BCUT2D eigenvalue weighted by Gasteiger charge is 2.41. The molecule has 1 unspecified atom stereocenters. The van der Waals surface area contributed by atoms with E-state index in [1.54, 1.807) is 18.3 Å². The first kappa shape index (κ1) is 10.7. The van der Waals surface area contributed by atoms with Crippen LogP contribution in [0.4, 0.5) is 0 Å². The first-order valence-electron chi connectivity index (χ1n) is 5.36. The van der Waals surface area contributed by atoms with E-state index in [1.165, 1.54) is 4.88 Å². The summed E-state index contributed by atoms with van der Waals surface area (Å²) in [6.45, 7) is 5.98. The molecule has 0 aliphatic carbocycles. The van der Waals surface area contributed by atoms with E-state index in [4.69, 9.17) is 0 Å². The zero-order valence-corrected chi connectivity index (χ0v) is 10.3. The van der Waals surface area contributed by atoms with Gasteiger partial charge in [-0.15, -0.1) is 11.3 Å². The van der Waals surface area contributed by atoms with Crippen molar-refractivity contribution in [3.8, 4) is 0 Å². The maximum Gasteiger partial charge on any atom is 0.220 e. The van der Waals surface area contributed by atoms with Gasteiger partial charge in [0.25, 0.3) is 0 Å². The molecule has 2 nitrogen and oxygen atoms in total. The number of hydrogen-bond acceptors (Lipinski definition) is 2. The van der Waals surface area contributed by atoms with Crippen molar-refractivity contribution in [1.29, 1.82) is 0 Å². The summed E-state index contributed by atoms with van der Waals surface area (Å²) < 4.78 is 0. The van der Waals surface area contributed by atoms with E-state index in [0.717, 1.165) is 12.8 Å². The molecule has 0 bridgehead atoms. The number of amides is 1. The Morgan fingerprint density at radius 1 is 1.60 bits per heavy atom. The van der Waals surface area contributed by atoms with Crippen LogP contribution in [0, 0.1) is 0 Å². The van der Waals surface area contributed by atoms with Gasteiger partial charge in [0.2, 0.25) is 5.91 Å². The van der Waals surface area contributed by atoms with Gasteiger partial charge in [0.15, 0.2) is 0 Å². The molecule has 1 saturated heterocycles. The zero-order valence-electron chi connectivity index (χ0n) is 9.49. The quantitative estimate of drug-likeness (QED) is 0.716. The monoisotopic (exact) mass is 223 g/mol. The topological polar surface area (TPSA) is 20.3 Å². The summed E-state index contributed by atoms with van der Waals surface area (Å²) in [7, 11) is 0. The van der Waals surface area contributed by atoms with Crippen LogP contribution in [0.5, 0.6) is 0 Å². The van der Waals surface area contributed by atoms with Gasteiger partial charge < -0.3 is 4.90 Å². The van der Waals surface area contributed by atoms with Crippen LogP contribution in [0.3, 0.4) is 0 Å². The van der Waals surface area contributed by atoms with E-state index in [9.17, 15) is 4.79 Å². The summed E-state index contributed by atoms with van der Waals surface area (Å²) >= 11 is 1.75. The molecule has 1 aliphatic heterocycles. The molecule has 1 fully saturated rings. The number of carbonyl (C=O) groups excluding carboxylic acids is 1. The summed E-state index contributed by atoms with van der Waals surface area (Å²) in [5.41, 5.74) is 0.0144. The van der Waals surface area contributed by atoms with E-state index in [-0.39, 0.29) is 11.4 Å². The minimum Gasteiger partial charge on any atom is -0.330 e. The molecule has 1 amide bonds. The van der Waals surface area contributed by atoms with Gasteiger partial charge in [0.1, 0.15) is 0 Å². The van der Waals surface area contributed by atoms with Crippen molar-refractivity contribution in [2.24, 2.45) is 0 Å². The van der Waals surface area contributed by atoms with Crippen molar-refractivity contribution in [3.05, 3.63) is 22.4 Å². The summed E-state index contributed by atoms with van der Waals surface area (Å²) in [4.78, 5) is 15.1. The van der Waals surface area contributed by atoms with Crippen LogP contribution in [0.2, 0.25) is 0 Å². The molecule has 2 rings (SSSR count). The highest BCUT2D eigenvalue weighted by atomic mass is 32.1. The lowest BCUT2D eigenvalue weighted by molar-refractivity contribution is -0.134. The fourth-order valence-corrected chi connectivity index (χ4v) is 3.41. The maximum atomic E-state index is 11.7. The van der Waals surface area contributed by atoms with Gasteiger partial charge in [-0.25, -0.2) is 0 Å². The minimum absolute atomic E-state index is 0.0144. The standard InChI is InChI=1S/C12H17NOS/c1-9(14)13-10(6-7-12(13,2)3)11-5-4-8-15-11/h4-5,8,10H,6-7H2,1-3H3. The van der Waals surface area contributed by atoms with Gasteiger partial charge in [0, 0.05) is 17.3 Å². The number of thiophene rings is 1. The highest BCUT2D eigenvalue weighted by molar-refractivity contribution is 7.10. The molecule has 1 aromatic heterocycles. The predicted octanol–water partition coefficient (Wildman–Crippen LogP) is 3.21. The molecule has 82 valence electrons. The fraction of sp³-hybridized carbons (Fsp3) is 0.583. The summed E-state index contributed by atoms with van der Waals surface area (Å²) in [5.74, 6) is 0.191. The van der Waals surface area contributed by atoms with Crippen molar-refractivity contribution >= 4 is 17.2 Å². The highest BCUT2D eigenvalue weighted by Crippen LogP contribution is 2.43. The molecule has 0 spiro atoms. The molecule has 1 aliphatic rings. The van der Waals surface area contributed by atoms with Crippen LogP contribution >= 0.6 is 11.3 Å². The lowest BCUT2D eigenvalue weighted by atomic mass is 10.0. The number of carbonyl (C=O) groups is 1. The molecule has 0 radical (unpaired) electrons. The molecule has 15 heavy (non-hydrogen) atoms. The molecule has 2 heterocycles. The number of likely N-dealkylation sites (tertiary alicyclic amines) is 1. The average Bonchev–Trinajstić information content (AvgIpc) is 2.69. The molecular weight excluding hydrogens is 206 g/mol. The summed E-state index contributed by atoms with van der Waals surface area (Å²) in [6, 6.07) is 4.49. The normalized spacial score (nSPS) is 24.5. The third-order valence-electron chi connectivity index (χ3n) is 3.20. The van der Waals surface area contributed by atoms with Gasteiger partial charge in [0.05, 0.1) is 6.04 Å². The molecule has 3 heteroatoms. The van der Waals surface area contributed by atoms with Crippen LogP contribution in [-0.2, 0) is 4.79 Å². The second-order valence-corrected chi connectivity index (χ2v) is 5.75. The Morgan fingerprint density at radius 2 is 2.33 bits per heavy atom. The average molecular weight is 223 g/mol. The van der Waals surface area contributed by atoms with E-state index >= 15 is 0 Å². The smallest absolute Gasteiger partial charge is 0.220 e. The molecular formula is C12H17NOS. The van der Waals surface area contributed by atoms with Crippen LogP contribution in [-0.4, -0.2) is 16.3 Å².